The number of benzene rings is 2. The Morgan fingerprint density at radius 2 is 1.79 bits per heavy atom. The minimum absolute atomic E-state index is 0.259. The number of carbonyl (C=O) groups is 1. The molecule has 5 aromatic rings. The van der Waals surface area contributed by atoms with Gasteiger partial charge in [-0.25, -0.2) is 4.99 Å². The van der Waals surface area contributed by atoms with E-state index in [1.54, 1.807) is 23.8 Å². The molecule has 0 saturated carbocycles. The number of anilines is 1. The van der Waals surface area contributed by atoms with Gasteiger partial charge < -0.3 is 9.73 Å². The van der Waals surface area contributed by atoms with Gasteiger partial charge in [0.15, 0.2) is 4.80 Å². The topological polar surface area (TPSA) is 105 Å². The van der Waals surface area contributed by atoms with Crippen LogP contribution < -0.4 is 20.2 Å². The largest absolute Gasteiger partial charge is 0.464 e. The van der Waals surface area contributed by atoms with Crippen molar-refractivity contribution in [3.8, 4) is 11.3 Å². The van der Waals surface area contributed by atoms with Gasteiger partial charge in [-0.3, -0.25) is 19.3 Å². The number of nitrogens with zero attached hydrogens (tertiary/aromatic N) is 3. The highest BCUT2D eigenvalue weighted by Crippen LogP contribution is 2.32. The maximum absolute atomic E-state index is 13.9. The van der Waals surface area contributed by atoms with Gasteiger partial charge in [0.2, 0.25) is 0 Å². The van der Waals surface area contributed by atoms with Crippen LogP contribution in [0.15, 0.2) is 104 Å². The van der Waals surface area contributed by atoms with E-state index in [1.807, 2.05) is 79.7 Å². The summed E-state index contributed by atoms with van der Waals surface area (Å²) in [5.74, 6) is 0.841. The zero-order valence-corrected chi connectivity index (χ0v) is 21.5. The van der Waals surface area contributed by atoms with Crippen LogP contribution >= 0.6 is 11.3 Å². The van der Waals surface area contributed by atoms with Crippen molar-refractivity contribution in [3.63, 3.8) is 0 Å². The number of H-pyrrole nitrogens is 1. The number of furan rings is 1. The van der Waals surface area contributed by atoms with Gasteiger partial charge in [-0.15, -0.1) is 0 Å². The average Bonchev–Trinajstić information content (AvgIpc) is 3.64. The summed E-state index contributed by atoms with van der Waals surface area (Å²) in [6.07, 6.45) is 3.50. The number of hydrogen-bond acceptors (Lipinski definition) is 6. The van der Waals surface area contributed by atoms with E-state index in [1.165, 1.54) is 11.3 Å². The Balaban J connectivity index is 1.49. The predicted molar refractivity (Wildman–Crippen MR) is 146 cm³/mol. The van der Waals surface area contributed by atoms with Crippen molar-refractivity contribution in [2.45, 2.75) is 19.9 Å². The molecule has 0 saturated heterocycles. The molecule has 9 heteroatoms. The number of aromatic amines is 1. The first-order valence-corrected chi connectivity index (χ1v) is 12.9. The van der Waals surface area contributed by atoms with Crippen LogP contribution in [0.2, 0.25) is 0 Å². The molecular weight excluding hydrogens is 498 g/mol. The van der Waals surface area contributed by atoms with Gasteiger partial charge in [0, 0.05) is 16.8 Å². The standard InChI is InChI=1S/C29H23N5O3S/c1-17-13-14-22(37-17)26-24(27(35)32-21-11-7-4-8-12-21)18(2)31-29-34(26)28(36)23(38-29)15-20-16-30-33-25(20)19-9-5-3-6-10-19/h3-16,26H,1-2H3,(H,30,33)(H,32,35)/b23-15+/t26-/m1/s1. The van der Waals surface area contributed by atoms with Crippen LogP contribution in [0.1, 0.15) is 30.0 Å². The number of thiazole rings is 1. The van der Waals surface area contributed by atoms with Gasteiger partial charge >= 0.3 is 0 Å². The van der Waals surface area contributed by atoms with Gasteiger partial charge in [-0.2, -0.15) is 5.10 Å². The summed E-state index contributed by atoms with van der Waals surface area (Å²) in [6, 6.07) is 21.9. The molecule has 0 fully saturated rings. The normalized spacial score (nSPS) is 15.3. The lowest BCUT2D eigenvalue weighted by atomic mass is 10.00. The third-order valence-corrected chi connectivity index (χ3v) is 7.33. The van der Waals surface area contributed by atoms with Crippen LogP contribution in [0.3, 0.4) is 0 Å². The Morgan fingerprint density at radius 3 is 2.50 bits per heavy atom. The van der Waals surface area contributed by atoms with Crippen molar-refractivity contribution in [1.29, 1.82) is 0 Å². The monoisotopic (exact) mass is 521 g/mol. The third-order valence-electron chi connectivity index (χ3n) is 6.35. The average molecular weight is 522 g/mol. The van der Waals surface area contributed by atoms with Gasteiger partial charge in [0.1, 0.15) is 17.6 Å². The second-order valence-electron chi connectivity index (χ2n) is 8.92. The van der Waals surface area contributed by atoms with Crippen molar-refractivity contribution < 1.29 is 9.21 Å². The van der Waals surface area contributed by atoms with Gasteiger partial charge in [0.25, 0.3) is 11.5 Å². The number of aryl methyl sites for hydroxylation is 1. The number of rotatable bonds is 5. The highest BCUT2D eigenvalue weighted by Gasteiger charge is 2.34. The van der Waals surface area contributed by atoms with Crippen LogP contribution in [-0.4, -0.2) is 20.7 Å². The molecule has 1 atom stereocenters. The zero-order chi connectivity index (χ0) is 26.2. The fourth-order valence-corrected chi connectivity index (χ4v) is 5.62. The number of aromatic nitrogens is 3. The molecule has 0 bridgehead atoms. The second kappa shape index (κ2) is 9.60. The molecule has 188 valence electrons. The molecule has 1 amide bonds. The van der Waals surface area contributed by atoms with Crippen molar-refractivity contribution >= 4 is 29.0 Å². The van der Waals surface area contributed by atoms with E-state index in [9.17, 15) is 9.59 Å². The van der Waals surface area contributed by atoms with E-state index in [0.29, 0.717) is 37.8 Å². The van der Waals surface area contributed by atoms with E-state index >= 15 is 0 Å². The molecule has 3 aromatic heterocycles. The SMILES string of the molecule is CC1=C(C(=O)Nc2ccccc2)[C@@H](c2ccc(C)o2)n2c(s/c(=C/c3cn[nH]c3-c3ccccc3)c2=O)=N1. The molecule has 1 aliphatic rings. The second-order valence-corrected chi connectivity index (χ2v) is 9.93. The van der Waals surface area contributed by atoms with Crippen LogP contribution in [-0.2, 0) is 4.79 Å². The van der Waals surface area contributed by atoms with E-state index in [0.717, 1.165) is 16.8 Å². The smallest absolute Gasteiger partial charge is 0.271 e. The number of fused-ring (bicyclic) bond motifs is 1. The predicted octanol–water partition coefficient (Wildman–Crippen LogP) is 4.17. The van der Waals surface area contributed by atoms with Crippen LogP contribution in [0.5, 0.6) is 0 Å². The maximum Gasteiger partial charge on any atom is 0.271 e. The van der Waals surface area contributed by atoms with Crippen molar-refractivity contribution in [2.24, 2.45) is 4.99 Å². The molecule has 6 rings (SSSR count). The maximum atomic E-state index is 13.9. The molecule has 0 spiro atoms. The Labute approximate surface area is 221 Å². The first-order chi connectivity index (χ1) is 18.5. The van der Waals surface area contributed by atoms with Gasteiger partial charge in [0.05, 0.1) is 27.7 Å². The zero-order valence-electron chi connectivity index (χ0n) is 20.6. The molecule has 2 N–H and O–H groups in total. The lowest BCUT2D eigenvalue weighted by Crippen LogP contribution is -2.40. The number of nitrogens with one attached hydrogen (secondary N) is 2. The van der Waals surface area contributed by atoms with Crippen LogP contribution in [0.4, 0.5) is 5.69 Å². The number of hydrogen-bond donors (Lipinski definition) is 2. The molecule has 1 aliphatic heterocycles. The Hall–Kier alpha value is -4.76. The van der Waals surface area contributed by atoms with Crippen LogP contribution in [0.25, 0.3) is 17.3 Å². The highest BCUT2D eigenvalue weighted by atomic mass is 32.1. The molecule has 0 unspecified atom stereocenters. The minimum Gasteiger partial charge on any atom is -0.464 e. The quantitative estimate of drug-likeness (QED) is 0.362. The molecule has 38 heavy (non-hydrogen) atoms. The number of allylic oxidation sites excluding steroid dienone is 1. The highest BCUT2D eigenvalue weighted by molar-refractivity contribution is 7.07. The van der Waals surface area contributed by atoms with E-state index < -0.39 is 6.04 Å². The molecule has 0 radical (unpaired) electrons. The summed E-state index contributed by atoms with van der Waals surface area (Å²) in [7, 11) is 0. The van der Waals surface area contributed by atoms with Gasteiger partial charge in [-0.05, 0) is 44.2 Å². The van der Waals surface area contributed by atoms with Crippen molar-refractivity contribution in [1.82, 2.24) is 14.8 Å². The first-order valence-electron chi connectivity index (χ1n) is 12.0. The molecule has 2 aromatic carbocycles. The summed E-state index contributed by atoms with van der Waals surface area (Å²) < 4.78 is 8.00. The van der Waals surface area contributed by atoms with Gasteiger partial charge in [-0.1, -0.05) is 59.9 Å². The number of amides is 1. The van der Waals surface area contributed by atoms with Crippen molar-refractivity contribution in [3.05, 3.63) is 127 Å². The lowest BCUT2D eigenvalue weighted by Gasteiger charge is -2.23. The fourth-order valence-electron chi connectivity index (χ4n) is 4.58. The minimum atomic E-state index is -0.760. The fraction of sp³-hybridized carbons (Fsp3) is 0.103. The summed E-state index contributed by atoms with van der Waals surface area (Å²) in [5, 5.41) is 10.2. The molecular formula is C29H23N5O3S. The Morgan fingerprint density at radius 1 is 1.05 bits per heavy atom. The van der Waals surface area contributed by atoms with E-state index in [4.69, 9.17) is 4.42 Å². The van der Waals surface area contributed by atoms with E-state index in [-0.39, 0.29) is 11.5 Å². The molecule has 4 heterocycles. The molecule has 0 aliphatic carbocycles. The summed E-state index contributed by atoms with van der Waals surface area (Å²) in [5.41, 5.74) is 3.83. The third kappa shape index (κ3) is 4.22. The Bertz CT molecular complexity index is 1860. The summed E-state index contributed by atoms with van der Waals surface area (Å²) in [6.45, 7) is 3.61. The van der Waals surface area contributed by atoms with Crippen LogP contribution in [0, 0.1) is 6.92 Å². The summed E-state index contributed by atoms with van der Waals surface area (Å²) >= 11 is 1.27. The van der Waals surface area contributed by atoms with Crippen molar-refractivity contribution in [2.75, 3.05) is 5.32 Å². The van der Waals surface area contributed by atoms with E-state index in [2.05, 4.69) is 20.5 Å². The lowest BCUT2D eigenvalue weighted by molar-refractivity contribution is -0.113. The first kappa shape index (κ1) is 23.6. The Kier molecular flexibility index (Phi) is 5.97. The molecule has 8 nitrogen and oxygen atoms in total. The number of para-hydroxylation sites is 1. The summed E-state index contributed by atoms with van der Waals surface area (Å²) in [4.78, 5) is 32.6. The number of carbonyl (C=O) groups excluding carboxylic acids is 1.